The van der Waals surface area contributed by atoms with Crippen molar-refractivity contribution in [1.82, 2.24) is 10.2 Å². The van der Waals surface area contributed by atoms with Crippen LogP contribution in [0.25, 0.3) is 0 Å². The number of methoxy groups -OCH3 is 1. The highest BCUT2D eigenvalue weighted by Crippen LogP contribution is 2.28. The van der Waals surface area contributed by atoms with Gasteiger partial charge in [-0.25, -0.2) is 0 Å². The highest BCUT2D eigenvalue weighted by atomic mass is 16.5. The maximum atomic E-state index is 5.30. The van der Waals surface area contributed by atoms with Gasteiger partial charge in [-0.2, -0.15) is 0 Å². The van der Waals surface area contributed by atoms with Gasteiger partial charge in [0.25, 0.3) is 0 Å². The van der Waals surface area contributed by atoms with Gasteiger partial charge >= 0.3 is 0 Å². The molecule has 96 valence electrons. The van der Waals surface area contributed by atoms with Crippen molar-refractivity contribution < 1.29 is 4.74 Å². The van der Waals surface area contributed by atoms with E-state index in [9.17, 15) is 0 Å². The third-order valence-corrected chi connectivity index (χ3v) is 3.91. The summed E-state index contributed by atoms with van der Waals surface area (Å²) in [6, 6.07) is 0.483. The molecule has 1 fully saturated rings. The molecule has 3 nitrogen and oxygen atoms in total. The molecular formula is C13H28N2O. The Labute approximate surface area is 101 Å². The summed E-state index contributed by atoms with van der Waals surface area (Å²) < 4.78 is 5.30. The largest absolute Gasteiger partial charge is 0.383 e. The van der Waals surface area contributed by atoms with Gasteiger partial charge in [0.05, 0.1) is 6.61 Å². The molecule has 1 heterocycles. The zero-order chi connectivity index (χ0) is 12.4. The number of hydrogen-bond acceptors (Lipinski definition) is 3. The van der Waals surface area contributed by atoms with Crippen LogP contribution in [0.3, 0.4) is 0 Å². The summed E-state index contributed by atoms with van der Waals surface area (Å²) in [6.45, 7) is 14.4. The molecule has 0 aromatic heterocycles. The molecule has 0 radical (unpaired) electrons. The van der Waals surface area contributed by atoms with E-state index < -0.39 is 0 Å². The van der Waals surface area contributed by atoms with Crippen LogP contribution in [-0.4, -0.2) is 48.8 Å². The highest BCUT2D eigenvalue weighted by Gasteiger charge is 2.41. The predicted molar refractivity (Wildman–Crippen MR) is 68.8 cm³/mol. The van der Waals surface area contributed by atoms with Gasteiger partial charge in [0.2, 0.25) is 0 Å². The van der Waals surface area contributed by atoms with Crippen molar-refractivity contribution in [2.75, 3.05) is 26.8 Å². The number of piperazine rings is 1. The second-order valence-corrected chi connectivity index (χ2v) is 6.02. The van der Waals surface area contributed by atoms with Crippen molar-refractivity contribution in [3.8, 4) is 0 Å². The Morgan fingerprint density at radius 1 is 1.38 bits per heavy atom. The standard InChI is InChI=1S/C13H28N2O/c1-7-13(5)9-14-12(3,4)10-15(13)11(2)8-16-6/h11,14H,7-10H2,1-6H3. The third-order valence-electron chi connectivity index (χ3n) is 3.91. The van der Waals surface area contributed by atoms with Gasteiger partial charge in [0.15, 0.2) is 0 Å². The van der Waals surface area contributed by atoms with Crippen LogP contribution in [0.5, 0.6) is 0 Å². The Morgan fingerprint density at radius 2 is 2.00 bits per heavy atom. The minimum atomic E-state index is 0.205. The van der Waals surface area contributed by atoms with E-state index in [0.717, 1.165) is 19.7 Å². The van der Waals surface area contributed by atoms with Gasteiger partial charge in [-0.05, 0) is 34.1 Å². The summed E-state index contributed by atoms with van der Waals surface area (Å²) >= 11 is 0. The van der Waals surface area contributed by atoms with Crippen molar-refractivity contribution in [2.24, 2.45) is 0 Å². The van der Waals surface area contributed by atoms with Gasteiger partial charge in [-0.1, -0.05) is 6.92 Å². The Morgan fingerprint density at radius 3 is 2.50 bits per heavy atom. The maximum Gasteiger partial charge on any atom is 0.0615 e. The van der Waals surface area contributed by atoms with E-state index in [1.54, 1.807) is 7.11 Å². The molecule has 1 aliphatic rings. The van der Waals surface area contributed by atoms with Gasteiger partial charge in [-0.3, -0.25) is 4.90 Å². The SMILES string of the molecule is CCC1(C)CNC(C)(C)CN1C(C)COC. The zero-order valence-electron chi connectivity index (χ0n) is 11.8. The van der Waals surface area contributed by atoms with Crippen LogP contribution >= 0.6 is 0 Å². The highest BCUT2D eigenvalue weighted by molar-refractivity contribution is 5.00. The molecule has 0 spiro atoms. The quantitative estimate of drug-likeness (QED) is 0.795. The summed E-state index contributed by atoms with van der Waals surface area (Å²) in [5, 5.41) is 3.64. The average molecular weight is 228 g/mol. The molecule has 0 saturated carbocycles. The van der Waals surface area contributed by atoms with E-state index in [4.69, 9.17) is 4.74 Å². The fourth-order valence-corrected chi connectivity index (χ4v) is 2.55. The van der Waals surface area contributed by atoms with Gasteiger partial charge in [-0.15, -0.1) is 0 Å². The number of nitrogens with one attached hydrogen (secondary N) is 1. The molecular weight excluding hydrogens is 200 g/mol. The van der Waals surface area contributed by atoms with Crippen molar-refractivity contribution in [2.45, 2.75) is 58.2 Å². The summed E-state index contributed by atoms with van der Waals surface area (Å²) in [4.78, 5) is 2.60. The number of nitrogens with zero attached hydrogens (tertiary/aromatic N) is 1. The van der Waals surface area contributed by atoms with E-state index in [1.807, 2.05) is 0 Å². The van der Waals surface area contributed by atoms with Crippen LogP contribution in [0.2, 0.25) is 0 Å². The van der Waals surface area contributed by atoms with E-state index in [1.165, 1.54) is 6.42 Å². The molecule has 16 heavy (non-hydrogen) atoms. The number of ether oxygens (including phenoxy) is 1. The predicted octanol–water partition coefficient (Wildman–Crippen LogP) is 1.87. The van der Waals surface area contributed by atoms with Crippen molar-refractivity contribution in [3.05, 3.63) is 0 Å². The molecule has 2 unspecified atom stereocenters. The molecule has 0 amide bonds. The maximum absolute atomic E-state index is 5.30. The lowest BCUT2D eigenvalue weighted by Crippen LogP contribution is -2.69. The lowest BCUT2D eigenvalue weighted by molar-refractivity contribution is -0.0280. The monoisotopic (exact) mass is 228 g/mol. The molecule has 0 bridgehead atoms. The van der Waals surface area contributed by atoms with Crippen LogP contribution in [-0.2, 0) is 4.74 Å². The van der Waals surface area contributed by atoms with Crippen LogP contribution < -0.4 is 5.32 Å². The summed E-state index contributed by atoms with van der Waals surface area (Å²) in [6.07, 6.45) is 1.17. The van der Waals surface area contributed by atoms with Gasteiger partial charge in [0.1, 0.15) is 0 Å². The summed E-state index contributed by atoms with van der Waals surface area (Å²) in [5.74, 6) is 0. The Balaban J connectivity index is 2.80. The lowest BCUT2D eigenvalue weighted by Gasteiger charge is -2.53. The Kier molecular flexibility index (Phi) is 4.38. The smallest absolute Gasteiger partial charge is 0.0615 e. The third kappa shape index (κ3) is 2.96. The van der Waals surface area contributed by atoms with Crippen LogP contribution in [0.4, 0.5) is 0 Å². The van der Waals surface area contributed by atoms with E-state index in [-0.39, 0.29) is 11.1 Å². The first kappa shape index (κ1) is 13.9. The van der Waals surface area contributed by atoms with Crippen LogP contribution in [0.15, 0.2) is 0 Å². The first-order valence-corrected chi connectivity index (χ1v) is 6.35. The molecule has 2 atom stereocenters. The molecule has 0 aliphatic carbocycles. The fraction of sp³-hybridized carbons (Fsp3) is 1.00. The van der Waals surface area contributed by atoms with E-state index in [0.29, 0.717) is 6.04 Å². The number of hydrogen-bond donors (Lipinski definition) is 1. The van der Waals surface area contributed by atoms with Crippen molar-refractivity contribution >= 4 is 0 Å². The molecule has 1 rings (SSSR count). The molecule has 3 heteroatoms. The van der Waals surface area contributed by atoms with E-state index in [2.05, 4.69) is 44.8 Å². The van der Waals surface area contributed by atoms with Crippen LogP contribution in [0.1, 0.15) is 41.0 Å². The van der Waals surface area contributed by atoms with Crippen molar-refractivity contribution in [3.63, 3.8) is 0 Å². The average Bonchev–Trinajstić information content (AvgIpc) is 2.22. The Bertz CT molecular complexity index is 230. The fourth-order valence-electron chi connectivity index (χ4n) is 2.55. The van der Waals surface area contributed by atoms with Crippen molar-refractivity contribution in [1.29, 1.82) is 0 Å². The van der Waals surface area contributed by atoms with Gasteiger partial charge in [0, 0.05) is 37.3 Å². The number of rotatable bonds is 4. The summed E-state index contributed by atoms with van der Waals surface area (Å²) in [7, 11) is 1.78. The lowest BCUT2D eigenvalue weighted by atomic mass is 9.86. The first-order chi connectivity index (χ1) is 7.34. The summed E-state index contributed by atoms with van der Waals surface area (Å²) in [5.41, 5.74) is 0.462. The second-order valence-electron chi connectivity index (χ2n) is 6.02. The second kappa shape index (κ2) is 5.03. The molecule has 0 aromatic rings. The van der Waals surface area contributed by atoms with Gasteiger partial charge < -0.3 is 10.1 Å². The normalized spacial score (nSPS) is 32.6. The molecule has 0 aromatic carbocycles. The molecule has 1 aliphatic heterocycles. The molecule has 1 saturated heterocycles. The zero-order valence-corrected chi connectivity index (χ0v) is 11.8. The minimum absolute atomic E-state index is 0.205. The minimum Gasteiger partial charge on any atom is -0.383 e. The van der Waals surface area contributed by atoms with E-state index >= 15 is 0 Å². The first-order valence-electron chi connectivity index (χ1n) is 6.35. The van der Waals surface area contributed by atoms with Crippen LogP contribution in [0, 0.1) is 0 Å². The Hall–Kier alpha value is -0.120. The molecule has 1 N–H and O–H groups in total. The topological polar surface area (TPSA) is 24.5 Å².